The smallest absolute Gasteiger partial charge is 0.300 e. The number of hydrogen-bond donors (Lipinski definition) is 1. The number of nitrogens with zero attached hydrogens (tertiary/aromatic N) is 3. The Hall–Kier alpha value is -4.60. The van der Waals surface area contributed by atoms with E-state index in [2.05, 4.69) is 0 Å². The molecule has 0 spiro atoms. The minimum atomic E-state index is -1.22. The predicted octanol–water partition coefficient (Wildman–Crippen LogP) is 4.57. The van der Waals surface area contributed by atoms with Crippen molar-refractivity contribution in [1.82, 2.24) is 0 Å². The number of non-ortho nitro benzene ring substituents is 1. The molecule has 0 bridgehead atoms. The van der Waals surface area contributed by atoms with E-state index in [0.29, 0.717) is 5.56 Å². The van der Waals surface area contributed by atoms with Gasteiger partial charge in [0, 0.05) is 49.2 Å². The highest BCUT2D eigenvalue weighted by atomic mass is 19.2. The molecule has 10 heteroatoms. The highest BCUT2D eigenvalue weighted by molar-refractivity contribution is 6.51. The molecule has 0 saturated carbocycles. The van der Waals surface area contributed by atoms with Gasteiger partial charge in [-0.3, -0.25) is 24.6 Å². The Morgan fingerprint density at radius 3 is 2.29 bits per heavy atom. The topological polar surface area (TPSA) is 104 Å². The Balaban J connectivity index is 1.95. The first-order chi connectivity index (χ1) is 16.6. The van der Waals surface area contributed by atoms with Gasteiger partial charge < -0.3 is 10.0 Å². The van der Waals surface area contributed by atoms with Crippen LogP contribution >= 0.6 is 0 Å². The number of aliphatic hydroxyl groups excluding tert-OH is 1. The molecule has 1 aliphatic heterocycles. The fourth-order valence-electron chi connectivity index (χ4n) is 3.93. The fraction of sp³-hybridized carbons (Fsp3) is 0.120. The Morgan fingerprint density at radius 2 is 1.69 bits per heavy atom. The summed E-state index contributed by atoms with van der Waals surface area (Å²) < 4.78 is 27.6. The lowest BCUT2D eigenvalue weighted by molar-refractivity contribution is -0.384. The molecule has 1 fully saturated rings. The molecule has 0 aliphatic carbocycles. The van der Waals surface area contributed by atoms with E-state index in [0.717, 1.165) is 34.9 Å². The SMILES string of the molecule is CN(C)c1ccc(C2/C(=C(\O)c3cccc([N+](=O)[O-])c3)C(=O)C(=O)N2c2ccc(F)c(F)c2)cc1. The van der Waals surface area contributed by atoms with E-state index in [1.54, 1.807) is 24.3 Å². The van der Waals surface area contributed by atoms with Crippen molar-refractivity contribution in [3.63, 3.8) is 0 Å². The number of rotatable bonds is 5. The average Bonchev–Trinajstić information content (AvgIpc) is 3.11. The minimum absolute atomic E-state index is 0.0441. The molecule has 1 unspecified atom stereocenters. The van der Waals surface area contributed by atoms with Crippen molar-refractivity contribution in [2.75, 3.05) is 23.9 Å². The van der Waals surface area contributed by atoms with E-state index in [-0.39, 0.29) is 22.5 Å². The number of carbonyl (C=O) groups is 2. The number of benzene rings is 3. The van der Waals surface area contributed by atoms with Gasteiger partial charge in [-0.15, -0.1) is 0 Å². The van der Waals surface area contributed by atoms with Gasteiger partial charge >= 0.3 is 0 Å². The maximum Gasteiger partial charge on any atom is 0.300 e. The van der Waals surface area contributed by atoms with Crippen molar-refractivity contribution >= 4 is 34.5 Å². The third kappa shape index (κ3) is 4.21. The van der Waals surface area contributed by atoms with Crippen LogP contribution in [0.2, 0.25) is 0 Å². The lowest BCUT2D eigenvalue weighted by Gasteiger charge is -2.26. The maximum absolute atomic E-state index is 14.0. The second-order valence-corrected chi connectivity index (χ2v) is 8.06. The zero-order valence-corrected chi connectivity index (χ0v) is 18.6. The zero-order valence-electron chi connectivity index (χ0n) is 18.6. The molecule has 4 rings (SSSR count). The first kappa shape index (κ1) is 23.6. The summed E-state index contributed by atoms with van der Waals surface area (Å²) in [6.45, 7) is 0. The van der Waals surface area contributed by atoms with Crippen LogP contribution in [0, 0.1) is 21.7 Å². The van der Waals surface area contributed by atoms with Crippen LogP contribution in [0.25, 0.3) is 5.76 Å². The Morgan fingerprint density at radius 1 is 1.00 bits per heavy atom. The summed E-state index contributed by atoms with van der Waals surface area (Å²) in [5.74, 6) is -5.11. The van der Waals surface area contributed by atoms with Gasteiger partial charge in [-0.05, 0) is 29.8 Å². The first-order valence-electron chi connectivity index (χ1n) is 10.4. The van der Waals surface area contributed by atoms with Crippen molar-refractivity contribution in [1.29, 1.82) is 0 Å². The molecule has 1 saturated heterocycles. The number of ketones is 1. The van der Waals surface area contributed by atoms with Gasteiger partial charge in [0.2, 0.25) is 0 Å². The summed E-state index contributed by atoms with van der Waals surface area (Å²) in [6, 6.07) is 13.3. The number of Topliss-reactive ketones (excluding diaryl/α,β-unsaturated/α-hetero) is 1. The normalized spacial score (nSPS) is 17.0. The predicted molar refractivity (Wildman–Crippen MR) is 125 cm³/mol. The third-order valence-corrected chi connectivity index (χ3v) is 5.68. The molecule has 3 aromatic rings. The van der Waals surface area contributed by atoms with E-state index in [4.69, 9.17) is 0 Å². The zero-order chi connectivity index (χ0) is 25.4. The Bertz CT molecular complexity index is 1390. The van der Waals surface area contributed by atoms with Crippen LogP contribution in [0.3, 0.4) is 0 Å². The second-order valence-electron chi connectivity index (χ2n) is 8.06. The van der Waals surface area contributed by atoms with Gasteiger partial charge in [0.1, 0.15) is 5.76 Å². The van der Waals surface area contributed by atoms with Crippen LogP contribution in [0.5, 0.6) is 0 Å². The van der Waals surface area contributed by atoms with Crippen molar-refractivity contribution < 1.29 is 28.4 Å². The molecule has 1 amide bonds. The summed E-state index contributed by atoms with van der Waals surface area (Å²) in [5, 5.41) is 22.3. The van der Waals surface area contributed by atoms with Crippen LogP contribution in [0.1, 0.15) is 17.2 Å². The lowest BCUT2D eigenvalue weighted by Crippen LogP contribution is -2.29. The Kier molecular flexibility index (Phi) is 6.04. The van der Waals surface area contributed by atoms with Gasteiger partial charge in [-0.1, -0.05) is 24.3 Å². The van der Waals surface area contributed by atoms with Crippen LogP contribution in [0.4, 0.5) is 25.8 Å². The monoisotopic (exact) mass is 479 g/mol. The molecule has 178 valence electrons. The number of nitro benzene ring substituents is 1. The molecule has 3 aromatic carbocycles. The quantitative estimate of drug-likeness (QED) is 0.189. The molecule has 0 aromatic heterocycles. The summed E-state index contributed by atoms with van der Waals surface area (Å²) in [6.07, 6.45) is 0. The summed E-state index contributed by atoms with van der Waals surface area (Å²) in [5.41, 5.74) is 0.431. The van der Waals surface area contributed by atoms with Gasteiger partial charge in [0.25, 0.3) is 17.4 Å². The number of aliphatic hydroxyl groups is 1. The summed E-state index contributed by atoms with van der Waals surface area (Å²) in [4.78, 5) is 39.5. The summed E-state index contributed by atoms with van der Waals surface area (Å²) >= 11 is 0. The molecule has 8 nitrogen and oxygen atoms in total. The van der Waals surface area contributed by atoms with E-state index in [1.165, 1.54) is 18.2 Å². The molecule has 0 radical (unpaired) electrons. The molecule has 1 atom stereocenters. The fourth-order valence-corrected chi connectivity index (χ4v) is 3.93. The van der Waals surface area contributed by atoms with E-state index >= 15 is 0 Å². The third-order valence-electron chi connectivity index (χ3n) is 5.68. The average molecular weight is 479 g/mol. The summed E-state index contributed by atoms with van der Waals surface area (Å²) in [7, 11) is 3.65. The standard InChI is InChI=1S/C25H19F2N3O5/c1-28(2)16-8-6-14(7-9-16)22-21(23(31)15-4-3-5-18(12-15)30(34)35)24(32)25(33)29(22)17-10-11-19(26)20(27)13-17/h3-13,22,31H,1-2H3/b23-21+. The maximum atomic E-state index is 14.0. The minimum Gasteiger partial charge on any atom is -0.507 e. The molecular formula is C25H19F2N3O5. The van der Waals surface area contributed by atoms with Crippen LogP contribution in [-0.4, -0.2) is 35.8 Å². The van der Waals surface area contributed by atoms with Gasteiger partial charge in [-0.2, -0.15) is 0 Å². The highest BCUT2D eigenvalue weighted by Crippen LogP contribution is 2.43. The Labute approximate surface area is 198 Å². The lowest BCUT2D eigenvalue weighted by atomic mass is 9.94. The number of amides is 1. The molecule has 1 N–H and O–H groups in total. The van der Waals surface area contributed by atoms with Crippen LogP contribution in [0.15, 0.2) is 72.3 Å². The van der Waals surface area contributed by atoms with Crippen molar-refractivity contribution in [3.8, 4) is 0 Å². The van der Waals surface area contributed by atoms with E-state index < -0.39 is 40.0 Å². The molecule has 35 heavy (non-hydrogen) atoms. The first-order valence-corrected chi connectivity index (χ1v) is 10.4. The molecular weight excluding hydrogens is 460 g/mol. The van der Waals surface area contributed by atoms with E-state index in [1.807, 2.05) is 19.0 Å². The number of hydrogen-bond acceptors (Lipinski definition) is 6. The van der Waals surface area contributed by atoms with E-state index in [9.17, 15) is 33.6 Å². The van der Waals surface area contributed by atoms with Crippen molar-refractivity contribution in [2.24, 2.45) is 0 Å². The second kappa shape index (κ2) is 8.98. The highest BCUT2D eigenvalue weighted by Gasteiger charge is 2.47. The van der Waals surface area contributed by atoms with Gasteiger partial charge in [0.15, 0.2) is 11.6 Å². The van der Waals surface area contributed by atoms with Crippen LogP contribution in [-0.2, 0) is 9.59 Å². The van der Waals surface area contributed by atoms with Crippen molar-refractivity contribution in [3.05, 3.63) is 105 Å². The largest absolute Gasteiger partial charge is 0.507 e. The number of carbonyl (C=O) groups excluding carboxylic acids is 2. The number of anilines is 2. The van der Waals surface area contributed by atoms with Crippen LogP contribution < -0.4 is 9.80 Å². The number of nitro groups is 1. The number of halogens is 2. The molecule has 1 aliphatic rings. The van der Waals surface area contributed by atoms with Gasteiger partial charge in [-0.25, -0.2) is 8.78 Å². The molecule has 1 heterocycles. The van der Waals surface area contributed by atoms with Gasteiger partial charge in [0.05, 0.1) is 16.5 Å². The van der Waals surface area contributed by atoms with Crippen molar-refractivity contribution in [2.45, 2.75) is 6.04 Å².